The molecule has 388 valence electrons. The molecule has 2 aromatic heterocycles. The Hall–Kier alpha value is -2.26. The minimum absolute atomic E-state index is 0.174. The topological polar surface area (TPSA) is 52.6 Å². The maximum atomic E-state index is 14.8. The highest BCUT2D eigenvalue weighted by Crippen LogP contribution is 2.47. The predicted molar refractivity (Wildman–Crippen MR) is 310 cm³/mol. The lowest BCUT2D eigenvalue weighted by Crippen LogP contribution is -2.24. The minimum atomic E-state index is -0.174. The molecule has 4 nitrogen and oxygen atoms in total. The van der Waals surface area contributed by atoms with E-state index in [9.17, 15) is 9.59 Å². The van der Waals surface area contributed by atoms with Crippen LogP contribution in [0.5, 0.6) is 11.5 Å². The lowest BCUT2D eigenvalue weighted by Gasteiger charge is -2.25. The zero-order valence-corrected chi connectivity index (χ0v) is 48.5. The van der Waals surface area contributed by atoms with E-state index in [1.54, 1.807) is 22.7 Å². The van der Waals surface area contributed by atoms with Gasteiger partial charge in [0.25, 0.3) is 0 Å². The van der Waals surface area contributed by atoms with Gasteiger partial charge in [0.15, 0.2) is 11.6 Å². The van der Waals surface area contributed by atoms with E-state index in [0.29, 0.717) is 47.0 Å². The van der Waals surface area contributed by atoms with Gasteiger partial charge < -0.3 is 9.47 Å². The summed E-state index contributed by atoms with van der Waals surface area (Å²) in [5.74, 6) is 0.698. The van der Waals surface area contributed by atoms with Crippen LogP contribution in [-0.4, -0.2) is 24.8 Å². The van der Waals surface area contributed by atoms with Crippen LogP contribution in [0.25, 0.3) is 20.9 Å². The largest absolute Gasteiger partial charge is 0.492 e. The molecule has 0 spiro atoms. The van der Waals surface area contributed by atoms with E-state index >= 15 is 0 Å². The highest BCUT2D eigenvalue weighted by Gasteiger charge is 2.37. The van der Waals surface area contributed by atoms with Crippen molar-refractivity contribution < 1.29 is 19.1 Å². The Kier molecular flexibility index (Phi) is 30.0. The summed E-state index contributed by atoms with van der Waals surface area (Å²) in [6.45, 7) is 5.59. The normalized spacial score (nSPS) is 12.2. The number of unbranched alkanes of at least 4 members (excludes halogenated alkanes) is 34. The third-order valence-corrected chi connectivity index (χ3v) is 17.9. The molecule has 2 heterocycles. The summed E-state index contributed by atoms with van der Waals surface area (Å²) in [6, 6.07) is 11.7. The highest BCUT2D eigenvalue weighted by molar-refractivity contribution is 9.10. The van der Waals surface area contributed by atoms with Gasteiger partial charge in [-0.25, -0.2) is 0 Å². The number of ether oxygens (including phenoxy) is 2. The standard InChI is InChI=1S/C62H90Br2O4S2/c1-3-5-7-9-11-13-15-17-19-21-23-25-27-29-31-33-35-37-43-67-61-51(55-45-49(63)47-69-55)39-41-53-57(61)59(65)54-42-40-52(56-46-50(64)48-70-56)62(58(54)60(53)66)68-44-38-36-34-32-30-28-26-24-22-20-18-16-14-12-10-8-6-4-2/h39-42,45-48H,3-38,43-44H2,1-2H3. The monoisotopic (exact) mass is 1120 g/mol. The van der Waals surface area contributed by atoms with Crippen LogP contribution in [0.4, 0.5) is 0 Å². The molecule has 0 saturated carbocycles. The number of fused-ring (bicyclic) bond motifs is 2. The lowest BCUT2D eigenvalue weighted by molar-refractivity contribution is 0.0972. The van der Waals surface area contributed by atoms with Crippen LogP contribution in [0.1, 0.15) is 277 Å². The maximum Gasteiger partial charge on any atom is 0.198 e. The quantitative estimate of drug-likeness (QED) is 0.0366. The van der Waals surface area contributed by atoms with Gasteiger partial charge in [-0.15, -0.1) is 22.7 Å². The van der Waals surface area contributed by atoms with Gasteiger partial charge in [-0.1, -0.05) is 232 Å². The molecule has 1 aliphatic rings. The molecule has 0 atom stereocenters. The van der Waals surface area contributed by atoms with Crippen molar-refractivity contribution in [1.29, 1.82) is 0 Å². The maximum absolute atomic E-state index is 14.8. The average Bonchev–Trinajstić information content (AvgIpc) is 4.01. The molecule has 0 saturated heterocycles. The number of carbonyl (C=O) groups is 2. The lowest BCUT2D eigenvalue weighted by atomic mass is 9.81. The first kappa shape index (κ1) is 58.6. The fourth-order valence-electron chi connectivity index (χ4n) is 10.2. The predicted octanol–water partition coefficient (Wildman–Crippen LogP) is 22.3. The van der Waals surface area contributed by atoms with E-state index in [2.05, 4.69) is 57.8 Å². The van der Waals surface area contributed by atoms with Gasteiger partial charge in [-0.05, 0) is 81.1 Å². The summed E-state index contributed by atoms with van der Waals surface area (Å²) < 4.78 is 15.3. The number of carbonyl (C=O) groups excluding carboxylic acids is 2. The molecule has 0 N–H and O–H groups in total. The van der Waals surface area contributed by atoms with E-state index in [1.807, 2.05) is 35.0 Å². The van der Waals surface area contributed by atoms with Crippen LogP contribution in [0.2, 0.25) is 0 Å². The molecule has 1 aliphatic carbocycles. The van der Waals surface area contributed by atoms with Crippen molar-refractivity contribution in [3.63, 3.8) is 0 Å². The number of hydrogen-bond donors (Lipinski definition) is 0. The van der Waals surface area contributed by atoms with Crippen LogP contribution in [-0.2, 0) is 0 Å². The zero-order chi connectivity index (χ0) is 49.4. The van der Waals surface area contributed by atoms with E-state index < -0.39 is 0 Å². The number of benzene rings is 2. The first-order valence-electron chi connectivity index (χ1n) is 28.6. The van der Waals surface area contributed by atoms with Gasteiger partial charge in [-0.2, -0.15) is 0 Å². The van der Waals surface area contributed by atoms with E-state index in [4.69, 9.17) is 9.47 Å². The number of halogens is 2. The molecule has 2 aromatic carbocycles. The van der Waals surface area contributed by atoms with Crippen molar-refractivity contribution in [3.05, 3.63) is 78.4 Å². The van der Waals surface area contributed by atoms with E-state index in [1.165, 1.54) is 205 Å². The van der Waals surface area contributed by atoms with Crippen molar-refractivity contribution in [2.24, 2.45) is 0 Å². The molecule has 8 heteroatoms. The van der Waals surface area contributed by atoms with E-state index in [0.717, 1.165) is 55.5 Å². The second-order valence-corrected chi connectivity index (χ2v) is 24.0. The Labute approximate surface area is 450 Å². The first-order valence-corrected chi connectivity index (χ1v) is 32.0. The van der Waals surface area contributed by atoms with Crippen LogP contribution in [0.3, 0.4) is 0 Å². The molecule has 0 bridgehead atoms. The van der Waals surface area contributed by atoms with Crippen molar-refractivity contribution in [2.75, 3.05) is 13.2 Å². The van der Waals surface area contributed by atoms with Gasteiger partial charge in [0, 0.05) is 51.7 Å². The van der Waals surface area contributed by atoms with Gasteiger partial charge in [0.1, 0.15) is 11.5 Å². The highest BCUT2D eigenvalue weighted by atomic mass is 79.9. The van der Waals surface area contributed by atoms with Gasteiger partial charge in [-0.3, -0.25) is 9.59 Å². The Balaban J connectivity index is 1.09. The van der Waals surface area contributed by atoms with Gasteiger partial charge in [0.2, 0.25) is 0 Å². The fraction of sp³-hybridized carbons (Fsp3) is 0.645. The summed E-state index contributed by atoms with van der Waals surface area (Å²) in [6.07, 6.45) is 47.8. The molecule has 5 rings (SSSR count). The van der Waals surface area contributed by atoms with Gasteiger partial charge >= 0.3 is 0 Å². The Morgan fingerprint density at radius 3 is 0.843 bits per heavy atom. The molecule has 0 fully saturated rings. The summed E-state index contributed by atoms with van der Waals surface area (Å²) in [5.41, 5.74) is 3.25. The molecule has 0 aliphatic heterocycles. The van der Waals surface area contributed by atoms with Crippen molar-refractivity contribution >= 4 is 66.1 Å². The third-order valence-electron chi connectivity index (χ3n) is 14.4. The van der Waals surface area contributed by atoms with Crippen LogP contribution < -0.4 is 9.47 Å². The SMILES string of the molecule is CCCCCCCCCCCCCCCCCCCCOc1c(-c2cc(Br)cs2)ccc2c1C(=O)c1ccc(-c3cc(Br)cs3)c(OCCCCCCCCCCCCCCCCCCCC)c1C2=O. The average molecular weight is 1120 g/mol. The van der Waals surface area contributed by atoms with Crippen LogP contribution in [0.15, 0.2) is 56.1 Å². The van der Waals surface area contributed by atoms with Crippen molar-refractivity contribution in [1.82, 2.24) is 0 Å². The molecule has 0 amide bonds. The first-order chi connectivity index (χ1) is 34.4. The number of hydrogen-bond acceptors (Lipinski definition) is 6. The minimum Gasteiger partial charge on any atom is -0.492 e. The summed E-state index contributed by atoms with van der Waals surface area (Å²) >= 11 is 10.5. The van der Waals surface area contributed by atoms with Crippen LogP contribution >= 0.6 is 54.5 Å². The molecular weight excluding hydrogens is 1030 g/mol. The van der Waals surface area contributed by atoms with Gasteiger partial charge in [0.05, 0.1) is 24.3 Å². The Bertz CT molecular complexity index is 1920. The number of ketones is 2. The van der Waals surface area contributed by atoms with Crippen molar-refractivity contribution in [3.8, 4) is 32.4 Å². The molecular formula is C62H90Br2O4S2. The third kappa shape index (κ3) is 20.6. The second kappa shape index (κ2) is 35.8. The number of rotatable bonds is 42. The van der Waals surface area contributed by atoms with Crippen LogP contribution in [0, 0.1) is 0 Å². The van der Waals surface area contributed by atoms with E-state index in [-0.39, 0.29) is 11.6 Å². The fourth-order valence-corrected chi connectivity index (χ4v) is 13.1. The summed E-state index contributed by atoms with van der Waals surface area (Å²) in [7, 11) is 0. The molecule has 0 unspecified atom stereocenters. The summed E-state index contributed by atoms with van der Waals surface area (Å²) in [4.78, 5) is 31.6. The molecule has 70 heavy (non-hydrogen) atoms. The zero-order valence-electron chi connectivity index (χ0n) is 43.7. The Morgan fingerprint density at radius 2 is 0.600 bits per heavy atom. The summed E-state index contributed by atoms with van der Waals surface area (Å²) in [5, 5.41) is 4.10. The second-order valence-electron chi connectivity index (χ2n) is 20.4. The molecule has 4 aromatic rings. The smallest absolute Gasteiger partial charge is 0.198 e. The van der Waals surface area contributed by atoms with Crippen molar-refractivity contribution in [2.45, 2.75) is 245 Å². The Morgan fingerprint density at radius 1 is 0.357 bits per heavy atom. The number of thiophene rings is 2. The molecule has 0 radical (unpaired) electrons.